The number of halogens is 1. The number of nitrogens with zero attached hydrogens (tertiary/aromatic N) is 2. The SMILES string of the molecule is CCC1CCCCC1(O)c1c(Br)cnn1CC. The van der Waals surface area contributed by atoms with Gasteiger partial charge in [0, 0.05) is 6.54 Å². The quantitative estimate of drug-likeness (QED) is 0.928. The van der Waals surface area contributed by atoms with E-state index in [-0.39, 0.29) is 0 Å². The summed E-state index contributed by atoms with van der Waals surface area (Å²) in [5.41, 5.74) is 0.282. The maximum Gasteiger partial charge on any atom is 0.110 e. The van der Waals surface area contributed by atoms with Crippen LogP contribution in [0.5, 0.6) is 0 Å². The van der Waals surface area contributed by atoms with E-state index in [9.17, 15) is 5.11 Å². The van der Waals surface area contributed by atoms with Gasteiger partial charge in [-0.1, -0.05) is 26.2 Å². The molecule has 96 valence electrons. The molecule has 1 aromatic rings. The highest BCUT2D eigenvalue weighted by Gasteiger charge is 2.42. The number of hydrogen-bond acceptors (Lipinski definition) is 2. The number of rotatable bonds is 3. The van der Waals surface area contributed by atoms with Crippen LogP contribution >= 0.6 is 15.9 Å². The Labute approximate surface area is 111 Å². The van der Waals surface area contributed by atoms with E-state index < -0.39 is 5.60 Å². The van der Waals surface area contributed by atoms with Gasteiger partial charge in [0.2, 0.25) is 0 Å². The van der Waals surface area contributed by atoms with Gasteiger partial charge in [0.05, 0.1) is 16.4 Å². The van der Waals surface area contributed by atoms with Crippen LogP contribution in [0.25, 0.3) is 0 Å². The molecule has 0 bridgehead atoms. The first kappa shape index (κ1) is 13.1. The lowest BCUT2D eigenvalue weighted by Crippen LogP contribution is -2.40. The topological polar surface area (TPSA) is 38.1 Å². The Morgan fingerprint density at radius 3 is 2.94 bits per heavy atom. The predicted octanol–water partition coefficient (Wildman–Crippen LogP) is 3.45. The molecule has 0 aromatic carbocycles. The summed E-state index contributed by atoms with van der Waals surface area (Å²) < 4.78 is 2.88. The van der Waals surface area contributed by atoms with Gasteiger partial charge in [0.15, 0.2) is 0 Å². The molecule has 2 unspecified atom stereocenters. The molecule has 1 aromatic heterocycles. The molecular formula is C13H21BrN2O. The molecule has 0 saturated heterocycles. The van der Waals surface area contributed by atoms with Crippen molar-refractivity contribution in [2.24, 2.45) is 5.92 Å². The zero-order chi connectivity index (χ0) is 12.5. The smallest absolute Gasteiger partial charge is 0.110 e. The first-order chi connectivity index (χ1) is 8.13. The monoisotopic (exact) mass is 300 g/mol. The molecule has 1 fully saturated rings. The highest BCUT2D eigenvalue weighted by Crippen LogP contribution is 2.45. The number of aliphatic hydroxyl groups is 1. The van der Waals surface area contributed by atoms with Crippen LogP contribution in [0.15, 0.2) is 10.7 Å². The second-order valence-corrected chi connectivity index (χ2v) is 5.79. The van der Waals surface area contributed by atoms with Gasteiger partial charge in [-0.15, -0.1) is 0 Å². The van der Waals surface area contributed by atoms with Crippen molar-refractivity contribution in [2.45, 2.75) is 58.1 Å². The van der Waals surface area contributed by atoms with Gasteiger partial charge in [-0.05, 0) is 41.6 Å². The van der Waals surface area contributed by atoms with Crippen molar-refractivity contribution >= 4 is 15.9 Å². The van der Waals surface area contributed by atoms with Crippen LogP contribution in [0.4, 0.5) is 0 Å². The lowest BCUT2D eigenvalue weighted by Gasteiger charge is -2.40. The Bertz CT molecular complexity index is 391. The van der Waals surface area contributed by atoms with E-state index in [4.69, 9.17) is 0 Å². The fourth-order valence-corrected chi connectivity index (χ4v) is 3.75. The van der Waals surface area contributed by atoms with Crippen LogP contribution in [-0.4, -0.2) is 14.9 Å². The largest absolute Gasteiger partial charge is 0.383 e. The Hall–Kier alpha value is -0.350. The maximum absolute atomic E-state index is 11.1. The summed E-state index contributed by atoms with van der Waals surface area (Å²) in [7, 11) is 0. The van der Waals surface area contributed by atoms with Crippen LogP contribution in [0.3, 0.4) is 0 Å². The maximum atomic E-state index is 11.1. The summed E-state index contributed by atoms with van der Waals surface area (Å²) in [6.07, 6.45) is 7.15. The van der Waals surface area contributed by atoms with Crippen LogP contribution in [0.1, 0.15) is 51.6 Å². The Morgan fingerprint density at radius 1 is 1.53 bits per heavy atom. The molecule has 0 amide bonds. The number of hydrogen-bond donors (Lipinski definition) is 1. The molecule has 1 heterocycles. The van der Waals surface area contributed by atoms with E-state index in [2.05, 4.69) is 34.9 Å². The third kappa shape index (κ3) is 2.17. The van der Waals surface area contributed by atoms with Crippen LogP contribution < -0.4 is 0 Å². The van der Waals surface area contributed by atoms with Crippen LogP contribution in [0.2, 0.25) is 0 Å². The minimum Gasteiger partial charge on any atom is -0.383 e. The first-order valence-electron chi connectivity index (χ1n) is 6.57. The van der Waals surface area contributed by atoms with E-state index in [0.29, 0.717) is 5.92 Å². The molecule has 3 nitrogen and oxygen atoms in total. The second kappa shape index (κ2) is 5.11. The van der Waals surface area contributed by atoms with E-state index >= 15 is 0 Å². The molecule has 0 radical (unpaired) electrons. The average molecular weight is 301 g/mol. The number of aryl methyl sites for hydroxylation is 1. The first-order valence-corrected chi connectivity index (χ1v) is 7.37. The van der Waals surface area contributed by atoms with Gasteiger partial charge in [0.1, 0.15) is 5.60 Å². The average Bonchev–Trinajstić information content (AvgIpc) is 2.71. The van der Waals surface area contributed by atoms with Crippen molar-refractivity contribution in [3.8, 4) is 0 Å². The molecule has 0 aliphatic heterocycles. The van der Waals surface area contributed by atoms with Crippen molar-refractivity contribution in [1.29, 1.82) is 0 Å². The molecular weight excluding hydrogens is 280 g/mol. The molecule has 1 N–H and O–H groups in total. The molecule has 17 heavy (non-hydrogen) atoms. The molecule has 4 heteroatoms. The van der Waals surface area contributed by atoms with E-state index in [1.807, 2.05) is 4.68 Å². The van der Waals surface area contributed by atoms with Crippen molar-refractivity contribution in [2.75, 3.05) is 0 Å². The van der Waals surface area contributed by atoms with Gasteiger partial charge >= 0.3 is 0 Å². The van der Waals surface area contributed by atoms with Gasteiger partial charge in [-0.3, -0.25) is 4.68 Å². The summed E-state index contributed by atoms with van der Waals surface area (Å²) >= 11 is 3.54. The molecule has 0 spiro atoms. The molecule has 1 aliphatic carbocycles. The lowest BCUT2D eigenvalue weighted by atomic mass is 9.72. The van der Waals surface area contributed by atoms with E-state index in [1.165, 1.54) is 6.42 Å². The normalized spacial score (nSPS) is 29.5. The zero-order valence-electron chi connectivity index (χ0n) is 10.6. The zero-order valence-corrected chi connectivity index (χ0v) is 12.2. The number of aromatic nitrogens is 2. The predicted molar refractivity (Wildman–Crippen MR) is 71.7 cm³/mol. The second-order valence-electron chi connectivity index (χ2n) is 4.93. The summed E-state index contributed by atoms with van der Waals surface area (Å²) in [5.74, 6) is 0.356. The van der Waals surface area contributed by atoms with Gasteiger partial charge < -0.3 is 5.11 Å². The Balaban J connectivity index is 2.44. The summed E-state index contributed by atoms with van der Waals surface area (Å²) in [4.78, 5) is 0. The summed E-state index contributed by atoms with van der Waals surface area (Å²) in [6, 6.07) is 0. The summed E-state index contributed by atoms with van der Waals surface area (Å²) in [6.45, 7) is 5.04. The van der Waals surface area contributed by atoms with Gasteiger partial charge in [-0.25, -0.2) is 0 Å². The Morgan fingerprint density at radius 2 is 2.29 bits per heavy atom. The Kier molecular flexibility index (Phi) is 3.93. The van der Waals surface area contributed by atoms with Gasteiger partial charge in [-0.2, -0.15) is 5.10 Å². The lowest BCUT2D eigenvalue weighted by molar-refractivity contribution is -0.0631. The minimum absolute atomic E-state index is 0.356. The van der Waals surface area contributed by atoms with Crippen molar-refractivity contribution in [3.63, 3.8) is 0 Å². The highest BCUT2D eigenvalue weighted by atomic mass is 79.9. The molecule has 2 rings (SSSR count). The highest BCUT2D eigenvalue weighted by molar-refractivity contribution is 9.10. The van der Waals surface area contributed by atoms with E-state index in [1.54, 1.807) is 6.20 Å². The standard InChI is InChI=1S/C13H21BrN2O/c1-3-10-7-5-6-8-13(10,17)12-11(14)9-15-16(12)4-2/h9-10,17H,3-8H2,1-2H3. The third-order valence-corrected chi connectivity index (χ3v) is 4.61. The van der Waals surface area contributed by atoms with Crippen molar-refractivity contribution in [3.05, 3.63) is 16.4 Å². The van der Waals surface area contributed by atoms with E-state index in [0.717, 1.165) is 42.4 Å². The van der Waals surface area contributed by atoms with Crippen molar-refractivity contribution in [1.82, 2.24) is 9.78 Å². The molecule has 2 atom stereocenters. The molecule has 1 saturated carbocycles. The van der Waals surface area contributed by atoms with Crippen LogP contribution in [0, 0.1) is 5.92 Å². The van der Waals surface area contributed by atoms with Gasteiger partial charge in [0.25, 0.3) is 0 Å². The fraction of sp³-hybridized carbons (Fsp3) is 0.769. The third-order valence-electron chi connectivity index (χ3n) is 4.03. The fourth-order valence-electron chi connectivity index (χ4n) is 3.11. The summed E-state index contributed by atoms with van der Waals surface area (Å²) in [5, 5.41) is 15.4. The minimum atomic E-state index is -0.696. The van der Waals surface area contributed by atoms with Crippen molar-refractivity contribution < 1.29 is 5.11 Å². The van der Waals surface area contributed by atoms with Crippen LogP contribution in [-0.2, 0) is 12.1 Å². The molecule has 1 aliphatic rings.